The summed E-state index contributed by atoms with van der Waals surface area (Å²) in [4.78, 5) is 0. The summed E-state index contributed by atoms with van der Waals surface area (Å²) >= 11 is 6.07. The molecule has 94 valence electrons. The summed E-state index contributed by atoms with van der Waals surface area (Å²) in [5.41, 5.74) is 1.10. The van der Waals surface area contributed by atoms with E-state index in [0.29, 0.717) is 17.5 Å². The van der Waals surface area contributed by atoms with Crippen molar-refractivity contribution < 1.29 is 9.13 Å². The Morgan fingerprint density at radius 1 is 1.47 bits per heavy atom. The van der Waals surface area contributed by atoms with Crippen LogP contribution in [0.4, 0.5) is 4.39 Å². The van der Waals surface area contributed by atoms with Crippen LogP contribution >= 0.6 is 11.6 Å². The van der Waals surface area contributed by atoms with E-state index in [0.717, 1.165) is 12.0 Å². The fourth-order valence-corrected chi connectivity index (χ4v) is 2.68. The topological polar surface area (TPSA) is 9.23 Å². The van der Waals surface area contributed by atoms with Crippen LogP contribution in [-0.2, 0) is 6.42 Å². The van der Waals surface area contributed by atoms with Gasteiger partial charge < -0.3 is 4.74 Å². The second-order valence-electron chi connectivity index (χ2n) is 5.21. The van der Waals surface area contributed by atoms with Crippen molar-refractivity contribution in [2.24, 2.45) is 11.3 Å². The molecule has 1 fully saturated rings. The maximum absolute atomic E-state index is 13.6. The lowest BCUT2D eigenvalue weighted by Crippen LogP contribution is -2.24. The van der Waals surface area contributed by atoms with Gasteiger partial charge in [0.1, 0.15) is 0 Å². The van der Waals surface area contributed by atoms with Crippen molar-refractivity contribution in [1.82, 2.24) is 0 Å². The summed E-state index contributed by atoms with van der Waals surface area (Å²) in [6.07, 6.45) is 3.34. The molecular formula is C14H18ClFO. The van der Waals surface area contributed by atoms with E-state index in [4.69, 9.17) is 16.3 Å². The minimum Gasteiger partial charge on any atom is -0.494 e. The molecule has 1 saturated carbocycles. The fourth-order valence-electron chi connectivity index (χ4n) is 2.37. The summed E-state index contributed by atoms with van der Waals surface area (Å²) < 4.78 is 18.5. The highest BCUT2D eigenvalue weighted by Crippen LogP contribution is 2.48. The summed E-state index contributed by atoms with van der Waals surface area (Å²) in [6.45, 7) is 2.19. The molecule has 0 heterocycles. The average Bonchev–Trinajstić information content (AvgIpc) is 3.13. The lowest BCUT2D eigenvalue weighted by Gasteiger charge is -2.27. The third kappa shape index (κ3) is 2.74. The highest BCUT2D eigenvalue weighted by atomic mass is 35.5. The van der Waals surface area contributed by atoms with Crippen LogP contribution in [0.25, 0.3) is 0 Å². The molecule has 2 rings (SSSR count). The Balaban J connectivity index is 2.15. The largest absolute Gasteiger partial charge is 0.494 e. The molecule has 1 aromatic rings. The molecule has 0 saturated heterocycles. The molecule has 1 atom stereocenters. The zero-order valence-corrected chi connectivity index (χ0v) is 11.1. The smallest absolute Gasteiger partial charge is 0.165 e. The van der Waals surface area contributed by atoms with Crippen molar-refractivity contribution in [3.63, 3.8) is 0 Å². The van der Waals surface area contributed by atoms with Gasteiger partial charge in [0.2, 0.25) is 0 Å². The monoisotopic (exact) mass is 256 g/mol. The van der Waals surface area contributed by atoms with E-state index in [1.807, 2.05) is 6.07 Å². The van der Waals surface area contributed by atoms with Crippen LogP contribution < -0.4 is 4.74 Å². The van der Waals surface area contributed by atoms with E-state index in [9.17, 15) is 4.39 Å². The third-order valence-electron chi connectivity index (χ3n) is 3.69. The summed E-state index contributed by atoms with van der Waals surface area (Å²) in [5, 5.41) is 0. The quantitative estimate of drug-likeness (QED) is 0.723. The number of hydrogen-bond acceptors (Lipinski definition) is 1. The Hall–Kier alpha value is -0.760. The Labute approximate surface area is 107 Å². The summed E-state index contributed by atoms with van der Waals surface area (Å²) in [6, 6.07) is 5.17. The fraction of sp³-hybridized carbons (Fsp3) is 0.571. The van der Waals surface area contributed by atoms with Crippen LogP contribution in [0.3, 0.4) is 0 Å². The minimum atomic E-state index is -0.294. The maximum Gasteiger partial charge on any atom is 0.165 e. The predicted molar refractivity (Wildman–Crippen MR) is 68.2 cm³/mol. The molecule has 1 aliphatic carbocycles. The van der Waals surface area contributed by atoms with Gasteiger partial charge in [-0.3, -0.25) is 0 Å². The third-order valence-corrected chi connectivity index (χ3v) is 4.30. The van der Waals surface area contributed by atoms with Gasteiger partial charge >= 0.3 is 0 Å². The molecule has 3 heteroatoms. The van der Waals surface area contributed by atoms with Crippen molar-refractivity contribution >= 4 is 11.6 Å². The van der Waals surface area contributed by atoms with Gasteiger partial charge in [-0.25, -0.2) is 4.39 Å². The Morgan fingerprint density at radius 3 is 2.65 bits per heavy atom. The van der Waals surface area contributed by atoms with Gasteiger partial charge in [0.25, 0.3) is 0 Å². The van der Waals surface area contributed by atoms with Gasteiger partial charge in [-0.2, -0.15) is 0 Å². The number of benzene rings is 1. The maximum atomic E-state index is 13.6. The van der Waals surface area contributed by atoms with Gasteiger partial charge in [0, 0.05) is 5.88 Å². The van der Waals surface area contributed by atoms with Crippen molar-refractivity contribution in [1.29, 1.82) is 0 Å². The minimum absolute atomic E-state index is 0.0998. The van der Waals surface area contributed by atoms with Crippen LogP contribution in [-0.4, -0.2) is 13.0 Å². The lowest BCUT2D eigenvalue weighted by atomic mass is 9.81. The van der Waals surface area contributed by atoms with E-state index in [1.165, 1.54) is 20.0 Å². The number of alkyl halides is 1. The predicted octanol–water partition coefficient (Wildman–Crippen LogP) is 4.03. The van der Waals surface area contributed by atoms with Gasteiger partial charge in [0.15, 0.2) is 11.6 Å². The molecule has 1 unspecified atom stereocenters. The SMILES string of the molecule is COc1ccc(CC(C)(CCl)C2CC2)cc1F. The summed E-state index contributed by atoms with van der Waals surface area (Å²) in [5.74, 6) is 1.33. The molecule has 0 amide bonds. The molecule has 1 aromatic carbocycles. The molecule has 1 aliphatic rings. The Morgan fingerprint density at radius 2 is 2.18 bits per heavy atom. The summed E-state index contributed by atoms with van der Waals surface area (Å²) in [7, 11) is 1.48. The van der Waals surface area contributed by atoms with Gasteiger partial charge in [-0.15, -0.1) is 11.6 Å². The van der Waals surface area contributed by atoms with Gasteiger partial charge in [-0.05, 0) is 48.3 Å². The standard InChI is InChI=1S/C14H18ClFO/c1-14(9-15,11-4-5-11)8-10-3-6-13(17-2)12(16)7-10/h3,6-7,11H,4-5,8-9H2,1-2H3. The first-order valence-electron chi connectivity index (χ1n) is 5.97. The van der Waals surface area contributed by atoms with Crippen LogP contribution in [0.15, 0.2) is 18.2 Å². The van der Waals surface area contributed by atoms with Crippen LogP contribution in [0.5, 0.6) is 5.75 Å². The number of halogens is 2. The van der Waals surface area contributed by atoms with Gasteiger partial charge in [0.05, 0.1) is 7.11 Å². The number of hydrogen-bond donors (Lipinski definition) is 0. The van der Waals surface area contributed by atoms with Crippen LogP contribution in [0, 0.1) is 17.2 Å². The molecular weight excluding hydrogens is 239 g/mol. The molecule has 0 radical (unpaired) electrons. The average molecular weight is 257 g/mol. The molecule has 17 heavy (non-hydrogen) atoms. The Kier molecular flexibility index (Phi) is 3.62. The number of ether oxygens (including phenoxy) is 1. The first kappa shape index (κ1) is 12.7. The van der Waals surface area contributed by atoms with E-state index in [-0.39, 0.29) is 11.2 Å². The van der Waals surface area contributed by atoms with Crippen molar-refractivity contribution in [2.45, 2.75) is 26.2 Å². The zero-order valence-electron chi connectivity index (χ0n) is 10.3. The van der Waals surface area contributed by atoms with Gasteiger partial charge in [-0.1, -0.05) is 13.0 Å². The Bertz CT molecular complexity index is 403. The van der Waals surface area contributed by atoms with Crippen molar-refractivity contribution in [3.05, 3.63) is 29.6 Å². The second kappa shape index (κ2) is 4.85. The molecule has 0 aliphatic heterocycles. The van der Waals surface area contributed by atoms with Crippen LogP contribution in [0.1, 0.15) is 25.3 Å². The molecule has 1 nitrogen and oxygen atoms in total. The molecule has 0 spiro atoms. The molecule has 0 aromatic heterocycles. The van der Waals surface area contributed by atoms with E-state index < -0.39 is 0 Å². The van der Waals surface area contributed by atoms with Crippen molar-refractivity contribution in [2.75, 3.05) is 13.0 Å². The first-order valence-corrected chi connectivity index (χ1v) is 6.51. The zero-order chi connectivity index (χ0) is 12.5. The van der Waals surface area contributed by atoms with E-state index >= 15 is 0 Å². The molecule has 0 N–H and O–H groups in total. The van der Waals surface area contributed by atoms with E-state index in [1.54, 1.807) is 12.1 Å². The second-order valence-corrected chi connectivity index (χ2v) is 5.47. The number of methoxy groups -OCH3 is 1. The van der Waals surface area contributed by atoms with Crippen molar-refractivity contribution in [3.8, 4) is 5.75 Å². The number of rotatable bonds is 5. The molecule has 0 bridgehead atoms. The van der Waals surface area contributed by atoms with Crippen LogP contribution in [0.2, 0.25) is 0 Å². The van der Waals surface area contributed by atoms with E-state index in [2.05, 4.69) is 6.92 Å². The normalized spacial score (nSPS) is 18.8. The highest BCUT2D eigenvalue weighted by molar-refractivity contribution is 6.18. The lowest BCUT2D eigenvalue weighted by molar-refractivity contribution is 0.312. The first-order chi connectivity index (χ1) is 8.09. The highest BCUT2D eigenvalue weighted by Gasteiger charge is 2.40.